The van der Waals surface area contributed by atoms with Gasteiger partial charge < -0.3 is 0 Å². The second-order valence-electron chi connectivity index (χ2n) is 3.85. The van der Waals surface area contributed by atoms with Crippen molar-refractivity contribution < 1.29 is 13.2 Å². The van der Waals surface area contributed by atoms with Crippen LogP contribution in [-0.4, -0.2) is 15.9 Å². The molecule has 0 N–H and O–H groups in total. The van der Waals surface area contributed by atoms with Gasteiger partial charge in [-0.2, -0.15) is 8.78 Å². The second-order valence-corrected chi connectivity index (χ2v) is 5.54. The van der Waals surface area contributed by atoms with Gasteiger partial charge in [-0.15, -0.1) is 11.6 Å². The number of rotatable bonds is 8. The highest BCUT2D eigenvalue weighted by Crippen LogP contribution is 2.44. The van der Waals surface area contributed by atoms with E-state index in [2.05, 4.69) is 18.5 Å². The standard InChI is InChI=1S/C10H16Cl3F3/c1-2-3-4-5-6-8(11)7-9(12,14)10(13,15)16/h8H,2-7H2,1H3. The lowest BCUT2D eigenvalue weighted by Gasteiger charge is -2.24. The van der Waals surface area contributed by atoms with Crippen molar-refractivity contribution in [2.24, 2.45) is 0 Å². The third kappa shape index (κ3) is 6.41. The van der Waals surface area contributed by atoms with Gasteiger partial charge in [-0.05, 0) is 18.0 Å². The molecule has 0 saturated carbocycles. The molecule has 2 unspecified atom stereocenters. The molecule has 16 heavy (non-hydrogen) atoms. The van der Waals surface area contributed by atoms with Crippen LogP contribution in [0.2, 0.25) is 0 Å². The molecule has 0 amide bonds. The lowest BCUT2D eigenvalue weighted by atomic mass is 10.1. The van der Waals surface area contributed by atoms with Gasteiger partial charge >= 0.3 is 5.38 Å². The molecule has 0 aliphatic heterocycles. The Morgan fingerprint density at radius 2 is 1.62 bits per heavy atom. The fraction of sp³-hybridized carbons (Fsp3) is 1.00. The van der Waals surface area contributed by atoms with Gasteiger partial charge in [0, 0.05) is 11.8 Å². The molecule has 0 aromatic heterocycles. The summed E-state index contributed by atoms with van der Waals surface area (Å²) in [4.78, 5) is 0. The minimum Gasteiger partial charge on any atom is -0.218 e. The molecule has 0 nitrogen and oxygen atoms in total. The maximum atomic E-state index is 13.2. The fourth-order valence-electron chi connectivity index (χ4n) is 1.29. The molecule has 0 aromatic rings. The summed E-state index contributed by atoms with van der Waals surface area (Å²) < 4.78 is 38.2. The zero-order valence-corrected chi connectivity index (χ0v) is 11.4. The van der Waals surface area contributed by atoms with Gasteiger partial charge in [-0.1, -0.05) is 44.2 Å². The largest absolute Gasteiger partial charge is 0.369 e. The number of hydrogen-bond acceptors (Lipinski definition) is 0. The van der Waals surface area contributed by atoms with Crippen molar-refractivity contribution >= 4 is 34.8 Å². The van der Waals surface area contributed by atoms with Crippen LogP contribution in [0, 0.1) is 0 Å². The van der Waals surface area contributed by atoms with E-state index in [0.29, 0.717) is 6.42 Å². The molecule has 0 radical (unpaired) electrons. The van der Waals surface area contributed by atoms with Gasteiger partial charge in [0.1, 0.15) is 0 Å². The Kier molecular flexibility index (Phi) is 7.47. The van der Waals surface area contributed by atoms with E-state index < -0.39 is 22.3 Å². The van der Waals surface area contributed by atoms with Crippen LogP contribution >= 0.6 is 34.8 Å². The Bertz CT molecular complexity index is 192. The minimum absolute atomic E-state index is 0.465. The van der Waals surface area contributed by atoms with Gasteiger partial charge in [0.2, 0.25) is 0 Å². The Balaban J connectivity index is 3.90. The Morgan fingerprint density at radius 1 is 1.06 bits per heavy atom. The molecule has 0 aliphatic rings. The van der Waals surface area contributed by atoms with Crippen molar-refractivity contribution in [1.82, 2.24) is 0 Å². The van der Waals surface area contributed by atoms with Crippen LogP contribution in [0.25, 0.3) is 0 Å². The zero-order valence-electron chi connectivity index (χ0n) is 9.09. The van der Waals surface area contributed by atoms with Crippen molar-refractivity contribution in [3.8, 4) is 0 Å². The highest BCUT2D eigenvalue weighted by molar-refractivity contribution is 6.33. The summed E-state index contributed by atoms with van der Waals surface area (Å²) in [6.45, 7) is 2.05. The fourth-order valence-corrected chi connectivity index (χ4v) is 2.00. The summed E-state index contributed by atoms with van der Waals surface area (Å²) in [6, 6.07) is 0. The molecule has 0 bridgehead atoms. The van der Waals surface area contributed by atoms with E-state index in [1.54, 1.807) is 0 Å². The van der Waals surface area contributed by atoms with Crippen molar-refractivity contribution in [3.63, 3.8) is 0 Å². The first-order valence-electron chi connectivity index (χ1n) is 5.29. The van der Waals surface area contributed by atoms with Crippen LogP contribution < -0.4 is 0 Å². The molecule has 98 valence electrons. The molecule has 0 saturated heterocycles. The SMILES string of the molecule is CCCCCCC(Cl)CC(F)(Cl)C(F)(F)Cl. The lowest BCUT2D eigenvalue weighted by Crippen LogP contribution is -2.36. The van der Waals surface area contributed by atoms with Crippen molar-refractivity contribution in [1.29, 1.82) is 0 Å². The third-order valence-corrected chi connectivity index (χ3v) is 3.42. The van der Waals surface area contributed by atoms with Gasteiger partial charge in [0.15, 0.2) is 0 Å². The molecule has 2 atom stereocenters. The van der Waals surface area contributed by atoms with Crippen LogP contribution in [0.1, 0.15) is 45.4 Å². The predicted molar refractivity (Wildman–Crippen MR) is 63.5 cm³/mol. The van der Waals surface area contributed by atoms with E-state index in [9.17, 15) is 13.2 Å². The first-order valence-corrected chi connectivity index (χ1v) is 6.48. The van der Waals surface area contributed by atoms with Crippen LogP contribution in [0.3, 0.4) is 0 Å². The summed E-state index contributed by atoms with van der Waals surface area (Å²) in [5, 5.41) is -8.08. The Hall–Kier alpha value is 0.660. The second kappa shape index (κ2) is 7.17. The highest BCUT2D eigenvalue weighted by atomic mass is 35.5. The van der Waals surface area contributed by atoms with Crippen LogP contribution in [0.15, 0.2) is 0 Å². The van der Waals surface area contributed by atoms with Gasteiger partial charge in [0.05, 0.1) is 0 Å². The number of halogens is 6. The number of hydrogen-bond donors (Lipinski definition) is 0. The molecule has 6 heteroatoms. The lowest BCUT2D eigenvalue weighted by molar-refractivity contribution is -0.0245. The first-order chi connectivity index (χ1) is 7.20. The maximum absolute atomic E-state index is 13.2. The molecular weight excluding hydrogens is 283 g/mol. The summed E-state index contributed by atoms with van der Waals surface area (Å²) >= 11 is 15.3. The van der Waals surface area contributed by atoms with Crippen LogP contribution in [0.4, 0.5) is 13.2 Å². The van der Waals surface area contributed by atoms with E-state index in [1.807, 2.05) is 0 Å². The predicted octanol–water partition coefficient (Wildman–Crippen LogP) is 5.69. The number of alkyl halides is 6. The van der Waals surface area contributed by atoms with Crippen LogP contribution in [-0.2, 0) is 0 Å². The zero-order chi connectivity index (χ0) is 12.8. The average molecular weight is 300 g/mol. The monoisotopic (exact) mass is 298 g/mol. The smallest absolute Gasteiger partial charge is 0.218 e. The topological polar surface area (TPSA) is 0 Å². The Labute approximate surface area is 109 Å². The van der Waals surface area contributed by atoms with Crippen molar-refractivity contribution in [3.05, 3.63) is 0 Å². The highest BCUT2D eigenvalue weighted by Gasteiger charge is 2.53. The molecular formula is C10H16Cl3F3. The normalized spacial score (nSPS) is 18.2. The average Bonchev–Trinajstić information content (AvgIpc) is 2.10. The summed E-state index contributed by atoms with van der Waals surface area (Å²) in [5.74, 6) is 0. The van der Waals surface area contributed by atoms with Crippen molar-refractivity contribution in [2.45, 2.75) is 61.3 Å². The summed E-state index contributed by atoms with van der Waals surface area (Å²) in [5.41, 5.74) is 0. The molecule has 0 heterocycles. The van der Waals surface area contributed by atoms with E-state index in [0.717, 1.165) is 25.7 Å². The molecule has 0 aromatic carbocycles. The molecule has 0 fully saturated rings. The van der Waals surface area contributed by atoms with E-state index in [4.69, 9.17) is 23.2 Å². The van der Waals surface area contributed by atoms with Crippen LogP contribution in [0.5, 0.6) is 0 Å². The summed E-state index contributed by atoms with van der Waals surface area (Å²) in [7, 11) is 0. The van der Waals surface area contributed by atoms with E-state index in [-0.39, 0.29) is 0 Å². The van der Waals surface area contributed by atoms with E-state index >= 15 is 0 Å². The Morgan fingerprint density at radius 3 is 2.06 bits per heavy atom. The molecule has 0 aliphatic carbocycles. The van der Waals surface area contributed by atoms with Gasteiger partial charge in [0.25, 0.3) is 5.13 Å². The first kappa shape index (κ1) is 16.7. The quantitative estimate of drug-likeness (QED) is 0.399. The number of unbranched alkanes of at least 4 members (excludes halogenated alkanes) is 3. The third-order valence-electron chi connectivity index (χ3n) is 2.26. The maximum Gasteiger partial charge on any atom is 0.369 e. The summed E-state index contributed by atoms with van der Waals surface area (Å²) in [6.07, 6.45) is 3.67. The minimum atomic E-state index is -4.09. The van der Waals surface area contributed by atoms with E-state index in [1.165, 1.54) is 0 Å². The van der Waals surface area contributed by atoms with Crippen molar-refractivity contribution in [2.75, 3.05) is 0 Å². The molecule has 0 rings (SSSR count). The van der Waals surface area contributed by atoms with Gasteiger partial charge in [-0.25, -0.2) is 4.39 Å². The molecule has 0 spiro atoms. The van der Waals surface area contributed by atoms with Gasteiger partial charge in [-0.3, -0.25) is 0 Å².